The summed E-state index contributed by atoms with van der Waals surface area (Å²) in [6.45, 7) is 2.03. The molecule has 2 bridgehead atoms. The second-order valence-corrected chi connectivity index (χ2v) is 6.88. The van der Waals surface area contributed by atoms with Gasteiger partial charge in [-0.25, -0.2) is 4.98 Å². The second kappa shape index (κ2) is 4.16. The molecule has 2 aromatic heterocycles. The maximum atomic E-state index is 4.43. The Labute approximate surface area is 120 Å². The van der Waals surface area contributed by atoms with Crippen LogP contribution in [0.25, 0.3) is 5.78 Å². The Morgan fingerprint density at radius 3 is 2.74 bits per heavy atom. The number of halogens is 1. The molecule has 2 fully saturated rings. The number of aryl methyl sites for hydroxylation is 1. The molecule has 0 N–H and O–H groups in total. The van der Waals surface area contributed by atoms with Gasteiger partial charge < -0.3 is 4.90 Å². The lowest BCUT2D eigenvalue weighted by Crippen LogP contribution is -2.44. The molecule has 2 saturated heterocycles. The Kier molecular flexibility index (Phi) is 2.55. The Bertz CT molecular complexity index is 611. The van der Waals surface area contributed by atoms with Gasteiger partial charge in [-0.15, -0.1) is 0 Å². The average molecular weight is 322 g/mol. The number of alkyl halides is 1. The molecule has 6 heteroatoms. The quantitative estimate of drug-likeness (QED) is 0.756. The molecule has 2 aliphatic rings. The third-order valence-electron chi connectivity index (χ3n) is 4.30. The van der Waals surface area contributed by atoms with Crippen LogP contribution in [0.2, 0.25) is 0 Å². The Hall–Kier alpha value is -1.17. The van der Waals surface area contributed by atoms with Gasteiger partial charge in [0.25, 0.3) is 5.78 Å². The van der Waals surface area contributed by atoms with Gasteiger partial charge >= 0.3 is 0 Å². The van der Waals surface area contributed by atoms with Crippen LogP contribution in [0.1, 0.15) is 31.4 Å². The normalized spacial score (nSPS) is 30.2. The minimum atomic E-state index is 0.623. The first kappa shape index (κ1) is 11.6. The van der Waals surface area contributed by atoms with Crippen molar-refractivity contribution in [3.8, 4) is 0 Å². The van der Waals surface area contributed by atoms with Gasteiger partial charge in [-0.1, -0.05) is 15.9 Å². The van der Waals surface area contributed by atoms with Gasteiger partial charge in [0.15, 0.2) is 0 Å². The minimum Gasteiger partial charge on any atom is -0.350 e. The highest BCUT2D eigenvalue weighted by atomic mass is 79.9. The first-order chi connectivity index (χ1) is 9.22. The van der Waals surface area contributed by atoms with Crippen molar-refractivity contribution in [3.05, 3.63) is 18.1 Å². The molecular formula is C13H16BrN5. The number of fused-ring (bicyclic) bond motifs is 3. The third-order valence-corrected chi connectivity index (χ3v) is 5.05. The molecule has 0 saturated carbocycles. The lowest BCUT2D eigenvalue weighted by Gasteiger charge is -2.38. The van der Waals surface area contributed by atoms with Crippen LogP contribution < -0.4 is 4.90 Å². The zero-order valence-electron chi connectivity index (χ0n) is 10.8. The molecular weight excluding hydrogens is 306 g/mol. The van der Waals surface area contributed by atoms with Crippen LogP contribution in [0.4, 0.5) is 5.82 Å². The van der Waals surface area contributed by atoms with E-state index in [0.29, 0.717) is 22.7 Å². The maximum absolute atomic E-state index is 4.43. The van der Waals surface area contributed by atoms with E-state index in [1.807, 2.05) is 11.4 Å². The molecule has 4 rings (SSSR count). The van der Waals surface area contributed by atoms with Gasteiger partial charge in [0, 0.05) is 28.7 Å². The van der Waals surface area contributed by atoms with Crippen LogP contribution in [-0.4, -0.2) is 36.5 Å². The second-order valence-electron chi connectivity index (χ2n) is 5.59. The SMILES string of the molecule is Cc1cc(N2C3CCC2CC(Br)C3)n2ncnc2n1. The van der Waals surface area contributed by atoms with Crippen molar-refractivity contribution >= 4 is 27.5 Å². The van der Waals surface area contributed by atoms with E-state index in [2.05, 4.69) is 42.0 Å². The molecule has 0 aromatic carbocycles. The zero-order chi connectivity index (χ0) is 13.0. The number of piperidine rings is 1. The number of anilines is 1. The summed E-state index contributed by atoms with van der Waals surface area (Å²) in [6.07, 6.45) is 6.58. The number of hydrogen-bond donors (Lipinski definition) is 0. The average Bonchev–Trinajstić information content (AvgIpc) is 2.92. The Morgan fingerprint density at radius 2 is 2.00 bits per heavy atom. The fourth-order valence-electron chi connectivity index (χ4n) is 3.58. The molecule has 100 valence electrons. The highest BCUT2D eigenvalue weighted by Gasteiger charge is 2.41. The van der Waals surface area contributed by atoms with Gasteiger partial charge in [0.2, 0.25) is 0 Å². The Balaban J connectivity index is 1.84. The van der Waals surface area contributed by atoms with E-state index >= 15 is 0 Å². The summed E-state index contributed by atoms with van der Waals surface area (Å²) in [6, 6.07) is 3.39. The van der Waals surface area contributed by atoms with Crippen molar-refractivity contribution in [2.75, 3.05) is 4.90 Å². The monoisotopic (exact) mass is 321 g/mol. The molecule has 0 spiro atoms. The molecule has 5 nitrogen and oxygen atoms in total. The summed E-state index contributed by atoms with van der Waals surface area (Å²) in [5, 5.41) is 4.34. The van der Waals surface area contributed by atoms with Crippen molar-refractivity contribution < 1.29 is 0 Å². The van der Waals surface area contributed by atoms with Gasteiger partial charge in [0.05, 0.1) is 0 Å². The lowest BCUT2D eigenvalue weighted by atomic mass is 10.0. The summed E-state index contributed by atoms with van der Waals surface area (Å²) >= 11 is 3.79. The summed E-state index contributed by atoms with van der Waals surface area (Å²) in [5.41, 5.74) is 1.01. The molecule has 19 heavy (non-hydrogen) atoms. The summed E-state index contributed by atoms with van der Waals surface area (Å²) in [4.78, 5) is 11.9. The van der Waals surface area contributed by atoms with E-state index in [1.165, 1.54) is 25.7 Å². The van der Waals surface area contributed by atoms with Crippen LogP contribution in [0.15, 0.2) is 12.4 Å². The van der Waals surface area contributed by atoms with Gasteiger partial charge in [-0.05, 0) is 32.6 Å². The molecule has 2 atom stereocenters. The first-order valence-corrected chi connectivity index (χ1v) is 7.74. The highest BCUT2D eigenvalue weighted by Crippen LogP contribution is 2.41. The van der Waals surface area contributed by atoms with E-state index in [9.17, 15) is 0 Å². The van der Waals surface area contributed by atoms with Crippen molar-refractivity contribution in [2.24, 2.45) is 0 Å². The predicted molar refractivity (Wildman–Crippen MR) is 76.8 cm³/mol. The molecule has 0 amide bonds. The topological polar surface area (TPSA) is 46.3 Å². The summed E-state index contributed by atoms with van der Waals surface area (Å²) < 4.78 is 1.88. The minimum absolute atomic E-state index is 0.623. The third kappa shape index (κ3) is 1.76. The number of nitrogens with zero attached hydrogens (tertiary/aromatic N) is 5. The number of hydrogen-bond acceptors (Lipinski definition) is 4. The van der Waals surface area contributed by atoms with Crippen molar-refractivity contribution in [3.63, 3.8) is 0 Å². The first-order valence-electron chi connectivity index (χ1n) is 6.82. The molecule has 2 aromatic rings. The fraction of sp³-hybridized carbons (Fsp3) is 0.615. The zero-order valence-corrected chi connectivity index (χ0v) is 12.4. The standard InChI is InChI=1S/C13H16BrN5/c1-8-4-12(19-13(17-8)15-7-16-19)18-10-2-3-11(18)6-9(14)5-10/h4,7,9-11H,2-3,5-6H2,1H3. The van der Waals surface area contributed by atoms with Gasteiger partial charge in [-0.3, -0.25) is 0 Å². The smallest absolute Gasteiger partial charge is 0.254 e. The number of rotatable bonds is 1. The van der Waals surface area contributed by atoms with Gasteiger partial charge in [0.1, 0.15) is 12.1 Å². The molecule has 0 aliphatic carbocycles. The summed E-state index contributed by atoms with van der Waals surface area (Å²) in [7, 11) is 0. The van der Waals surface area contributed by atoms with Crippen molar-refractivity contribution in [2.45, 2.75) is 49.5 Å². The number of aromatic nitrogens is 4. The Morgan fingerprint density at radius 1 is 1.26 bits per heavy atom. The van der Waals surface area contributed by atoms with E-state index < -0.39 is 0 Å². The van der Waals surface area contributed by atoms with E-state index in [4.69, 9.17) is 0 Å². The highest BCUT2D eigenvalue weighted by molar-refractivity contribution is 9.09. The fourth-order valence-corrected chi connectivity index (χ4v) is 4.44. The van der Waals surface area contributed by atoms with Gasteiger partial charge in [-0.2, -0.15) is 14.6 Å². The summed E-state index contributed by atoms with van der Waals surface area (Å²) in [5.74, 6) is 1.86. The van der Waals surface area contributed by atoms with Crippen LogP contribution in [0.3, 0.4) is 0 Å². The molecule has 2 aliphatic heterocycles. The maximum Gasteiger partial charge on any atom is 0.254 e. The van der Waals surface area contributed by atoms with Crippen molar-refractivity contribution in [1.29, 1.82) is 0 Å². The van der Waals surface area contributed by atoms with Crippen LogP contribution in [-0.2, 0) is 0 Å². The molecule has 0 radical (unpaired) electrons. The van der Waals surface area contributed by atoms with Crippen molar-refractivity contribution in [1.82, 2.24) is 19.6 Å². The van der Waals surface area contributed by atoms with Crippen LogP contribution >= 0.6 is 15.9 Å². The van der Waals surface area contributed by atoms with E-state index in [-0.39, 0.29) is 0 Å². The van der Waals surface area contributed by atoms with Crippen LogP contribution in [0.5, 0.6) is 0 Å². The molecule has 2 unspecified atom stereocenters. The van der Waals surface area contributed by atoms with E-state index in [1.54, 1.807) is 6.33 Å². The molecule has 4 heterocycles. The predicted octanol–water partition coefficient (Wildman–Crippen LogP) is 2.33. The van der Waals surface area contributed by atoms with E-state index in [0.717, 1.165) is 11.5 Å². The largest absolute Gasteiger partial charge is 0.350 e. The van der Waals surface area contributed by atoms with Crippen LogP contribution in [0, 0.1) is 6.92 Å². The lowest BCUT2D eigenvalue weighted by molar-refractivity contribution is 0.475.